The number of anilines is 3. The minimum Gasteiger partial charge on any atom is -0.483 e. The lowest BCUT2D eigenvalue weighted by molar-refractivity contribution is -0.129. The molecule has 0 spiro atoms. The summed E-state index contributed by atoms with van der Waals surface area (Å²) in [5, 5.41) is 6.89. The molecule has 1 saturated heterocycles. The van der Waals surface area contributed by atoms with Crippen LogP contribution in [-0.4, -0.2) is 79.5 Å². The van der Waals surface area contributed by atoms with Gasteiger partial charge in [0.25, 0.3) is 6.47 Å². The summed E-state index contributed by atoms with van der Waals surface area (Å²) < 4.78 is 0. The van der Waals surface area contributed by atoms with Crippen LogP contribution in [0.2, 0.25) is 0 Å². The Labute approximate surface area is 179 Å². The standard InChI is InChI=1S/C19H24N8O.CH2O2/c1-13(2)27(18-10-15-16(11-21-18)23-12-22-15)17-4-5-20-19(24-17)26-8-6-25(7-9-26)14(3)28;2-1-3/h4-5,10-13H,6-9H2,1-3H3,(H,22,23);1H,(H,2,3). The van der Waals surface area contributed by atoms with Crippen molar-refractivity contribution in [1.29, 1.82) is 0 Å². The third-order valence-electron chi connectivity index (χ3n) is 4.94. The molecule has 2 N–H and O–H groups in total. The molecule has 3 aromatic rings. The third kappa shape index (κ3) is 5.05. The predicted molar refractivity (Wildman–Crippen MR) is 116 cm³/mol. The molecule has 0 aliphatic carbocycles. The molecule has 164 valence electrons. The van der Waals surface area contributed by atoms with Crippen molar-refractivity contribution in [2.24, 2.45) is 0 Å². The fourth-order valence-electron chi connectivity index (χ4n) is 3.45. The van der Waals surface area contributed by atoms with E-state index >= 15 is 0 Å². The number of aromatic nitrogens is 5. The van der Waals surface area contributed by atoms with E-state index in [1.807, 2.05) is 17.0 Å². The summed E-state index contributed by atoms with van der Waals surface area (Å²) in [5.41, 5.74) is 1.77. The topological polar surface area (TPSA) is 131 Å². The quantitative estimate of drug-likeness (QED) is 0.598. The van der Waals surface area contributed by atoms with Crippen LogP contribution in [0.15, 0.2) is 30.9 Å². The number of pyridine rings is 1. The number of amides is 1. The molecular weight excluding hydrogens is 400 g/mol. The van der Waals surface area contributed by atoms with Crippen LogP contribution >= 0.6 is 0 Å². The number of piperazine rings is 1. The molecule has 31 heavy (non-hydrogen) atoms. The predicted octanol–water partition coefficient (Wildman–Crippen LogP) is 1.66. The van der Waals surface area contributed by atoms with Gasteiger partial charge in [-0.25, -0.2) is 15.0 Å². The number of H-pyrrole nitrogens is 1. The van der Waals surface area contributed by atoms with Gasteiger partial charge < -0.3 is 24.8 Å². The van der Waals surface area contributed by atoms with E-state index in [0.717, 1.165) is 35.8 Å². The fraction of sp³-hybridized carbons (Fsp3) is 0.400. The van der Waals surface area contributed by atoms with Crippen molar-refractivity contribution in [3.8, 4) is 0 Å². The molecular formula is C20H26N8O3. The molecule has 1 aliphatic heterocycles. The first kappa shape index (κ1) is 21.9. The van der Waals surface area contributed by atoms with E-state index in [-0.39, 0.29) is 18.4 Å². The van der Waals surface area contributed by atoms with Crippen LogP contribution in [0.1, 0.15) is 20.8 Å². The summed E-state index contributed by atoms with van der Waals surface area (Å²) in [6, 6.07) is 4.04. The van der Waals surface area contributed by atoms with Crippen LogP contribution in [0.25, 0.3) is 11.0 Å². The molecule has 1 aliphatic rings. The number of hydrogen-bond acceptors (Lipinski definition) is 8. The second-order valence-electron chi connectivity index (χ2n) is 7.24. The Balaban J connectivity index is 0.000000858. The third-order valence-corrected chi connectivity index (χ3v) is 4.94. The Morgan fingerprint density at radius 1 is 1.19 bits per heavy atom. The smallest absolute Gasteiger partial charge is 0.290 e. The monoisotopic (exact) mass is 426 g/mol. The second kappa shape index (κ2) is 9.83. The average molecular weight is 426 g/mol. The van der Waals surface area contributed by atoms with Gasteiger partial charge in [-0.05, 0) is 19.9 Å². The molecule has 0 saturated carbocycles. The zero-order valence-corrected chi connectivity index (χ0v) is 17.8. The van der Waals surface area contributed by atoms with E-state index in [1.165, 1.54) is 0 Å². The molecule has 0 aromatic carbocycles. The van der Waals surface area contributed by atoms with Crippen molar-refractivity contribution < 1.29 is 14.7 Å². The van der Waals surface area contributed by atoms with Gasteiger partial charge in [0.15, 0.2) is 0 Å². The number of carboxylic acid groups (broad SMARTS) is 1. The molecule has 0 radical (unpaired) electrons. The number of fused-ring (bicyclic) bond motifs is 1. The van der Waals surface area contributed by atoms with E-state index in [4.69, 9.17) is 14.9 Å². The number of carbonyl (C=O) groups is 2. The molecule has 0 unspecified atom stereocenters. The van der Waals surface area contributed by atoms with E-state index in [1.54, 1.807) is 25.6 Å². The fourth-order valence-corrected chi connectivity index (χ4v) is 3.45. The molecule has 1 amide bonds. The Kier molecular flexibility index (Phi) is 6.96. The number of hydrogen-bond donors (Lipinski definition) is 2. The first-order valence-corrected chi connectivity index (χ1v) is 9.94. The van der Waals surface area contributed by atoms with Crippen molar-refractivity contribution in [3.63, 3.8) is 0 Å². The molecule has 11 heteroatoms. The van der Waals surface area contributed by atoms with E-state index < -0.39 is 0 Å². The average Bonchev–Trinajstić information content (AvgIpc) is 3.22. The number of rotatable bonds is 4. The van der Waals surface area contributed by atoms with Gasteiger partial charge in [-0.2, -0.15) is 4.98 Å². The molecule has 4 rings (SSSR count). The van der Waals surface area contributed by atoms with Crippen LogP contribution in [-0.2, 0) is 9.59 Å². The van der Waals surface area contributed by atoms with E-state index in [0.29, 0.717) is 19.0 Å². The summed E-state index contributed by atoms with van der Waals surface area (Å²) in [6.45, 7) is 8.39. The van der Waals surface area contributed by atoms with Crippen LogP contribution in [0, 0.1) is 0 Å². The minimum absolute atomic E-state index is 0.112. The van der Waals surface area contributed by atoms with Gasteiger partial charge in [-0.1, -0.05) is 0 Å². The maximum Gasteiger partial charge on any atom is 0.290 e. The molecule has 3 aromatic heterocycles. The molecule has 1 fully saturated rings. The number of imidazole rings is 1. The van der Waals surface area contributed by atoms with Gasteiger partial charge in [0.05, 0.1) is 18.0 Å². The number of aromatic amines is 1. The van der Waals surface area contributed by atoms with Gasteiger partial charge in [-0.3, -0.25) is 9.59 Å². The van der Waals surface area contributed by atoms with Crippen LogP contribution in [0.5, 0.6) is 0 Å². The van der Waals surface area contributed by atoms with Crippen LogP contribution in [0.3, 0.4) is 0 Å². The van der Waals surface area contributed by atoms with Crippen LogP contribution < -0.4 is 9.80 Å². The van der Waals surface area contributed by atoms with Crippen molar-refractivity contribution >= 4 is 41.0 Å². The van der Waals surface area contributed by atoms with Crippen molar-refractivity contribution in [3.05, 3.63) is 30.9 Å². The van der Waals surface area contributed by atoms with Crippen molar-refractivity contribution in [1.82, 2.24) is 29.8 Å². The highest BCUT2D eigenvalue weighted by molar-refractivity contribution is 5.78. The number of nitrogens with one attached hydrogen (secondary N) is 1. The zero-order valence-electron chi connectivity index (χ0n) is 17.8. The maximum atomic E-state index is 11.5. The lowest BCUT2D eigenvalue weighted by Gasteiger charge is -2.34. The minimum atomic E-state index is -0.250. The Morgan fingerprint density at radius 2 is 1.90 bits per heavy atom. The summed E-state index contributed by atoms with van der Waals surface area (Å²) >= 11 is 0. The Hall–Kier alpha value is -3.76. The summed E-state index contributed by atoms with van der Waals surface area (Å²) in [5.74, 6) is 2.38. The maximum absolute atomic E-state index is 11.5. The van der Waals surface area contributed by atoms with Gasteiger partial charge in [0.2, 0.25) is 11.9 Å². The summed E-state index contributed by atoms with van der Waals surface area (Å²) in [6.07, 6.45) is 5.21. The highest BCUT2D eigenvalue weighted by Gasteiger charge is 2.22. The van der Waals surface area contributed by atoms with Crippen molar-refractivity contribution in [2.45, 2.75) is 26.8 Å². The van der Waals surface area contributed by atoms with Gasteiger partial charge in [0.1, 0.15) is 17.2 Å². The van der Waals surface area contributed by atoms with E-state index in [9.17, 15) is 4.79 Å². The Morgan fingerprint density at radius 3 is 2.55 bits per heavy atom. The summed E-state index contributed by atoms with van der Waals surface area (Å²) in [7, 11) is 0. The molecule has 0 atom stereocenters. The first-order chi connectivity index (χ1) is 14.9. The first-order valence-electron chi connectivity index (χ1n) is 9.94. The SMILES string of the molecule is CC(=O)N1CCN(c2nccc(N(c3cc4[nH]cnc4cn3)C(C)C)n2)CC1.O=CO. The zero-order chi connectivity index (χ0) is 22.4. The number of nitrogens with zero attached hydrogens (tertiary/aromatic N) is 7. The largest absolute Gasteiger partial charge is 0.483 e. The molecule has 4 heterocycles. The van der Waals surface area contributed by atoms with Crippen LogP contribution in [0.4, 0.5) is 17.6 Å². The highest BCUT2D eigenvalue weighted by Crippen LogP contribution is 2.27. The molecule has 11 nitrogen and oxygen atoms in total. The number of carbonyl (C=O) groups excluding carboxylic acids is 1. The van der Waals surface area contributed by atoms with Gasteiger partial charge in [-0.15, -0.1) is 0 Å². The Bertz CT molecular complexity index is 1030. The highest BCUT2D eigenvalue weighted by atomic mass is 16.3. The molecule has 0 bridgehead atoms. The van der Waals surface area contributed by atoms with Gasteiger partial charge >= 0.3 is 0 Å². The van der Waals surface area contributed by atoms with E-state index in [2.05, 4.69) is 43.6 Å². The lowest BCUT2D eigenvalue weighted by Crippen LogP contribution is -2.48. The summed E-state index contributed by atoms with van der Waals surface area (Å²) in [4.78, 5) is 47.2. The van der Waals surface area contributed by atoms with Crippen molar-refractivity contribution in [2.75, 3.05) is 36.0 Å². The normalized spacial score (nSPS) is 13.7. The lowest BCUT2D eigenvalue weighted by atomic mass is 10.3. The second-order valence-corrected chi connectivity index (χ2v) is 7.24. The van der Waals surface area contributed by atoms with Gasteiger partial charge in [0, 0.05) is 51.4 Å².